The molecule has 1 aromatic heterocycles. The first-order valence-electron chi connectivity index (χ1n) is 7.69. The second kappa shape index (κ2) is 6.15. The van der Waals surface area contributed by atoms with Crippen LogP contribution in [-0.4, -0.2) is 4.98 Å². The molecule has 1 heterocycles. The Balaban J connectivity index is 2.15. The number of aromatic nitrogens is 2. The average molecular weight is 351 g/mol. The molecule has 4 aromatic rings. The van der Waals surface area contributed by atoms with Gasteiger partial charge in [0.1, 0.15) is 17.0 Å². The molecular weight excluding hydrogens is 339 g/mol. The number of fused-ring (bicyclic) bond motifs is 1. The molecule has 122 valence electrons. The van der Waals surface area contributed by atoms with Crippen LogP contribution in [0.1, 0.15) is 0 Å². The van der Waals surface area contributed by atoms with Gasteiger partial charge in [0, 0.05) is 11.1 Å². The van der Waals surface area contributed by atoms with E-state index in [4.69, 9.17) is 11.6 Å². The van der Waals surface area contributed by atoms with Gasteiger partial charge in [-0.2, -0.15) is 4.73 Å². The Kier molecular flexibility index (Phi) is 3.82. The second-order valence-electron chi connectivity index (χ2n) is 5.56. The summed E-state index contributed by atoms with van der Waals surface area (Å²) in [5, 5.41) is 12.9. The van der Waals surface area contributed by atoms with E-state index in [0.29, 0.717) is 27.2 Å². The van der Waals surface area contributed by atoms with Crippen LogP contribution in [0, 0.1) is 11.0 Å². The summed E-state index contributed by atoms with van der Waals surface area (Å²) in [5.74, 6) is -0.646. The Morgan fingerprint density at radius 2 is 1.44 bits per heavy atom. The predicted molar refractivity (Wildman–Crippen MR) is 96.5 cm³/mol. The molecule has 0 amide bonds. The van der Waals surface area contributed by atoms with E-state index in [1.165, 1.54) is 12.1 Å². The minimum absolute atomic E-state index is 0.0280. The van der Waals surface area contributed by atoms with Gasteiger partial charge in [-0.15, -0.1) is 0 Å². The molecule has 0 saturated carbocycles. The van der Waals surface area contributed by atoms with E-state index in [9.17, 15) is 9.60 Å². The topological polar surface area (TPSA) is 39.8 Å². The summed E-state index contributed by atoms with van der Waals surface area (Å²) in [6, 6.07) is 21.3. The highest BCUT2D eigenvalue weighted by atomic mass is 35.5. The maximum absolute atomic E-state index is 13.9. The standard InChI is InChI=1S/C20H12ClFN2O/c21-17-15(22)11-12-16-20(17)24(25)19(14-9-5-2-6-10-14)18(23-16)13-7-3-1-4-8-13/h1-12H. The Morgan fingerprint density at radius 3 is 2.08 bits per heavy atom. The first-order valence-corrected chi connectivity index (χ1v) is 8.06. The Hall–Kier alpha value is -2.98. The highest BCUT2D eigenvalue weighted by Gasteiger charge is 2.25. The van der Waals surface area contributed by atoms with Crippen LogP contribution >= 0.6 is 11.6 Å². The summed E-state index contributed by atoms with van der Waals surface area (Å²) in [5.41, 5.74) is 2.73. The van der Waals surface area contributed by atoms with Gasteiger partial charge in [0.2, 0.25) is 0 Å². The summed E-state index contributed by atoms with van der Waals surface area (Å²) >= 11 is 6.05. The molecule has 0 atom stereocenters. The molecule has 0 N–H and O–H groups in total. The van der Waals surface area contributed by atoms with Crippen LogP contribution < -0.4 is 4.73 Å². The van der Waals surface area contributed by atoms with Gasteiger partial charge in [0.15, 0.2) is 5.02 Å². The molecule has 25 heavy (non-hydrogen) atoms. The second-order valence-corrected chi connectivity index (χ2v) is 5.94. The molecule has 4 rings (SSSR count). The van der Waals surface area contributed by atoms with E-state index in [1.807, 2.05) is 60.7 Å². The first kappa shape index (κ1) is 15.5. The fourth-order valence-corrected chi connectivity index (χ4v) is 3.08. The van der Waals surface area contributed by atoms with Gasteiger partial charge < -0.3 is 5.21 Å². The van der Waals surface area contributed by atoms with Crippen molar-refractivity contribution in [3.05, 3.63) is 88.8 Å². The van der Waals surface area contributed by atoms with Crippen LogP contribution in [0.2, 0.25) is 5.02 Å². The zero-order valence-electron chi connectivity index (χ0n) is 13.0. The van der Waals surface area contributed by atoms with Crippen molar-refractivity contribution in [1.29, 1.82) is 0 Å². The lowest BCUT2D eigenvalue weighted by atomic mass is 10.0. The molecule has 0 saturated heterocycles. The first-order chi connectivity index (χ1) is 12.2. The zero-order valence-corrected chi connectivity index (χ0v) is 13.7. The Bertz CT molecular complexity index is 1070. The third-order valence-corrected chi connectivity index (χ3v) is 4.36. The third-order valence-electron chi connectivity index (χ3n) is 4.00. The summed E-state index contributed by atoms with van der Waals surface area (Å²) in [4.78, 5) is 4.61. The van der Waals surface area contributed by atoms with Gasteiger partial charge in [-0.1, -0.05) is 60.1 Å². The molecule has 3 nitrogen and oxygen atoms in total. The van der Waals surface area contributed by atoms with E-state index in [0.717, 1.165) is 5.56 Å². The van der Waals surface area contributed by atoms with Crippen molar-refractivity contribution in [2.75, 3.05) is 0 Å². The minimum Gasteiger partial charge on any atom is -0.618 e. The van der Waals surface area contributed by atoms with Gasteiger partial charge in [-0.05, 0) is 24.3 Å². The molecule has 0 fully saturated rings. The highest BCUT2D eigenvalue weighted by molar-refractivity contribution is 6.34. The van der Waals surface area contributed by atoms with Crippen LogP contribution in [0.25, 0.3) is 33.5 Å². The van der Waals surface area contributed by atoms with Gasteiger partial charge >= 0.3 is 0 Å². The normalized spacial score (nSPS) is 11.0. The molecule has 0 unspecified atom stereocenters. The van der Waals surface area contributed by atoms with Crippen LogP contribution in [0.4, 0.5) is 4.39 Å². The predicted octanol–water partition coefficient (Wildman–Crippen LogP) is 4.99. The van der Waals surface area contributed by atoms with E-state index >= 15 is 0 Å². The monoisotopic (exact) mass is 350 g/mol. The van der Waals surface area contributed by atoms with Crippen molar-refractivity contribution in [3.8, 4) is 22.5 Å². The minimum atomic E-state index is -0.646. The van der Waals surface area contributed by atoms with Crippen molar-refractivity contribution in [2.24, 2.45) is 0 Å². The number of hydrogen-bond acceptors (Lipinski definition) is 2. The van der Waals surface area contributed by atoms with Crippen molar-refractivity contribution < 1.29 is 9.12 Å². The molecule has 0 aliphatic carbocycles. The van der Waals surface area contributed by atoms with Gasteiger partial charge in [0.05, 0.1) is 0 Å². The molecule has 0 bridgehead atoms. The maximum Gasteiger partial charge on any atom is 0.264 e. The third kappa shape index (κ3) is 2.61. The number of hydrogen-bond donors (Lipinski definition) is 0. The van der Waals surface area contributed by atoms with Crippen molar-refractivity contribution in [2.45, 2.75) is 0 Å². The van der Waals surface area contributed by atoms with E-state index in [-0.39, 0.29) is 10.5 Å². The van der Waals surface area contributed by atoms with E-state index in [1.54, 1.807) is 0 Å². The van der Waals surface area contributed by atoms with Gasteiger partial charge in [-0.25, -0.2) is 9.37 Å². The largest absolute Gasteiger partial charge is 0.618 e. The van der Waals surface area contributed by atoms with Gasteiger partial charge in [-0.3, -0.25) is 0 Å². The molecule has 0 radical (unpaired) electrons. The quantitative estimate of drug-likeness (QED) is 0.377. The summed E-state index contributed by atoms with van der Waals surface area (Å²) in [6.45, 7) is 0. The zero-order chi connectivity index (χ0) is 17.4. The highest BCUT2D eigenvalue weighted by Crippen LogP contribution is 2.32. The Labute approximate surface area is 148 Å². The lowest BCUT2D eigenvalue weighted by molar-refractivity contribution is -0.564. The number of halogens is 2. The van der Waals surface area contributed by atoms with Crippen molar-refractivity contribution in [1.82, 2.24) is 4.98 Å². The van der Waals surface area contributed by atoms with Crippen LogP contribution in [0.3, 0.4) is 0 Å². The summed E-state index contributed by atoms with van der Waals surface area (Å²) in [6.07, 6.45) is 0. The van der Waals surface area contributed by atoms with Crippen molar-refractivity contribution >= 4 is 22.6 Å². The number of benzene rings is 3. The number of rotatable bonds is 2. The summed E-state index contributed by atoms with van der Waals surface area (Å²) in [7, 11) is 0. The molecule has 3 aromatic carbocycles. The smallest absolute Gasteiger partial charge is 0.264 e. The fourth-order valence-electron chi connectivity index (χ4n) is 2.84. The maximum atomic E-state index is 13.9. The van der Waals surface area contributed by atoms with E-state index < -0.39 is 5.82 Å². The van der Waals surface area contributed by atoms with Crippen LogP contribution in [0.15, 0.2) is 72.8 Å². The lowest BCUT2D eigenvalue weighted by Gasteiger charge is -2.13. The molecule has 0 aliphatic heterocycles. The average Bonchev–Trinajstić information content (AvgIpc) is 2.66. The number of nitrogens with zero attached hydrogens (tertiary/aromatic N) is 2. The van der Waals surface area contributed by atoms with Crippen molar-refractivity contribution in [3.63, 3.8) is 0 Å². The molecule has 0 aliphatic rings. The van der Waals surface area contributed by atoms with Crippen LogP contribution in [0.5, 0.6) is 0 Å². The fraction of sp³-hybridized carbons (Fsp3) is 0. The molecular formula is C20H12ClFN2O. The van der Waals surface area contributed by atoms with Crippen LogP contribution in [-0.2, 0) is 0 Å². The van der Waals surface area contributed by atoms with Gasteiger partial charge in [0.25, 0.3) is 11.2 Å². The summed E-state index contributed by atoms with van der Waals surface area (Å²) < 4.78 is 14.5. The molecule has 0 spiro atoms. The Morgan fingerprint density at radius 1 is 0.840 bits per heavy atom. The molecule has 5 heteroatoms. The lowest BCUT2D eigenvalue weighted by Crippen LogP contribution is -2.32. The SMILES string of the molecule is [O-][n+]1c(-c2ccccc2)c(-c2ccccc2)nc2ccc(F)c(Cl)c21. The van der Waals surface area contributed by atoms with E-state index in [2.05, 4.69) is 4.98 Å².